The minimum atomic E-state index is 0.801. The van der Waals surface area contributed by atoms with E-state index in [4.69, 9.17) is 4.74 Å². The van der Waals surface area contributed by atoms with Crippen LogP contribution in [0.1, 0.15) is 19.3 Å². The normalized spacial score (nSPS) is 10.8. The summed E-state index contributed by atoms with van der Waals surface area (Å²) in [5, 5.41) is 3.53. The van der Waals surface area contributed by atoms with Crippen molar-refractivity contribution in [3.63, 3.8) is 0 Å². The molecule has 0 aliphatic heterocycles. The van der Waals surface area contributed by atoms with Gasteiger partial charge in [0, 0.05) is 9.80 Å². The molecule has 96 valence electrons. The Morgan fingerprint density at radius 3 is 2.50 bits per heavy atom. The maximum Gasteiger partial charge on any atom is 0.119 e. The lowest BCUT2D eigenvalue weighted by Crippen LogP contribution is -1.97. The predicted octanol–water partition coefficient (Wildman–Crippen LogP) is 5.55. The molecular weight excluding hydrogens is 356 g/mol. The van der Waals surface area contributed by atoms with Crippen LogP contribution in [0.3, 0.4) is 0 Å². The van der Waals surface area contributed by atoms with Crippen LogP contribution in [0.5, 0.6) is 5.75 Å². The standard InChI is InChI=1S/C15H16Br2O/c16-8-2-1-3-9-18-15-7-5-12-10-14(17)6-4-13(12)11-15/h4-7,10-11H,1-3,8-9H2. The minimum absolute atomic E-state index is 0.801. The lowest BCUT2D eigenvalue weighted by molar-refractivity contribution is 0.307. The Balaban J connectivity index is 1.95. The highest BCUT2D eigenvalue weighted by Gasteiger charge is 1.98. The fraction of sp³-hybridized carbons (Fsp3) is 0.333. The molecule has 0 bridgehead atoms. The van der Waals surface area contributed by atoms with Gasteiger partial charge in [-0.2, -0.15) is 0 Å². The SMILES string of the molecule is BrCCCCCOc1ccc2cc(Br)ccc2c1. The van der Waals surface area contributed by atoms with Gasteiger partial charge in [0.25, 0.3) is 0 Å². The minimum Gasteiger partial charge on any atom is -0.494 e. The molecule has 0 aliphatic rings. The van der Waals surface area contributed by atoms with Crippen molar-refractivity contribution in [2.45, 2.75) is 19.3 Å². The van der Waals surface area contributed by atoms with Gasteiger partial charge in [-0.15, -0.1) is 0 Å². The zero-order valence-electron chi connectivity index (χ0n) is 10.2. The van der Waals surface area contributed by atoms with E-state index in [1.54, 1.807) is 0 Å². The third-order valence-electron chi connectivity index (χ3n) is 2.82. The molecule has 0 aromatic heterocycles. The van der Waals surface area contributed by atoms with E-state index in [2.05, 4.69) is 62.2 Å². The van der Waals surface area contributed by atoms with Gasteiger partial charge in [-0.25, -0.2) is 0 Å². The average Bonchev–Trinajstić information content (AvgIpc) is 2.38. The molecule has 0 unspecified atom stereocenters. The van der Waals surface area contributed by atoms with Crippen molar-refractivity contribution in [2.24, 2.45) is 0 Å². The van der Waals surface area contributed by atoms with Crippen LogP contribution in [0.2, 0.25) is 0 Å². The van der Waals surface area contributed by atoms with Crippen molar-refractivity contribution >= 4 is 42.6 Å². The van der Waals surface area contributed by atoms with Crippen molar-refractivity contribution in [1.29, 1.82) is 0 Å². The third kappa shape index (κ3) is 3.99. The smallest absolute Gasteiger partial charge is 0.119 e. The second kappa shape index (κ2) is 7.15. The number of fused-ring (bicyclic) bond motifs is 1. The number of benzene rings is 2. The van der Waals surface area contributed by atoms with E-state index in [0.717, 1.165) is 28.6 Å². The fourth-order valence-electron chi connectivity index (χ4n) is 1.85. The van der Waals surface area contributed by atoms with Crippen molar-refractivity contribution in [2.75, 3.05) is 11.9 Å². The monoisotopic (exact) mass is 370 g/mol. The molecule has 2 aromatic carbocycles. The summed E-state index contributed by atoms with van der Waals surface area (Å²) in [5.41, 5.74) is 0. The van der Waals surface area contributed by atoms with Crippen molar-refractivity contribution < 1.29 is 4.74 Å². The van der Waals surface area contributed by atoms with Gasteiger partial charge in [0.05, 0.1) is 6.61 Å². The van der Waals surface area contributed by atoms with E-state index >= 15 is 0 Å². The number of unbranched alkanes of at least 4 members (excludes halogenated alkanes) is 2. The van der Waals surface area contributed by atoms with Crippen LogP contribution in [0.4, 0.5) is 0 Å². The molecule has 0 saturated carbocycles. The molecule has 0 saturated heterocycles. The first-order valence-corrected chi connectivity index (χ1v) is 8.09. The molecule has 18 heavy (non-hydrogen) atoms. The molecule has 0 atom stereocenters. The van der Waals surface area contributed by atoms with Crippen molar-refractivity contribution in [3.8, 4) is 5.75 Å². The number of alkyl halides is 1. The Morgan fingerprint density at radius 2 is 1.67 bits per heavy atom. The number of hydrogen-bond acceptors (Lipinski definition) is 1. The van der Waals surface area contributed by atoms with Crippen LogP contribution >= 0.6 is 31.9 Å². The highest BCUT2D eigenvalue weighted by Crippen LogP contribution is 2.24. The zero-order valence-corrected chi connectivity index (χ0v) is 13.3. The van der Waals surface area contributed by atoms with Crippen LogP contribution < -0.4 is 4.74 Å². The number of hydrogen-bond donors (Lipinski definition) is 0. The highest BCUT2D eigenvalue weighted by atomic mass is 79.9. The lowest BCUT2D eigenvalue weighted by Gasteiger charge is -2.07. The molecule has 0 spiro atoms. The van der Waals surface area contributed by atoms with Gasteiger partial charge in [0.1, 0.15) is 5.75 Å². The van der Waals surface area contributed by atoms with E-state index in [1.807, 2.05) is 6.07 Å². The van der Waals surface area contributed by atoms with E-state index in [0.29, 0.717) is 0 Å². The molecule has 0 radical (unpaired) electrons. The maximum atomic E-state index is 5.76. The zero-order chi connectivity index (χ0) is 12.8. The Bertz CT molecular complexity index is 511. The Hall–Kier alpha value is -0.540. The predicted molar refractivity (Wildman–Crippen MR) is 84.8 cm³/mol. The molecule has 2 rings (SSSR count). The number of rotatable bonds is 6. The quantitative estimate of drug-likeness (QED) is 0.478. The van der Waals surface area contributed by atoms with E-state index in [1.165, 1.54) is 23.6 Å². The molecule has 0 fully saturated rings. The average molecular weight is 372 g/mol. The molecule has 2 aromatic rings. The van der Waals surface area contributed by atoms with Crippen LogP contribution in [0, 0.1) is 0 Å². The summed E-state index contributed by atoms with van der Waals surface area (Å²) in [5.74, 6) is 0.962. The lowest BCUT2D eigenvalue weighted by atomic mass is 10.1. The summed E-state index contributed by atoms with van der Waals surface area (Å²) < 4.78 is 6.87. The molecule has 0 N–H and O–H groups in total. The van der Waals surface area contributed by atoms with Gasteiger partial charge >= 0.3 is 0 Å². The number of halogens is 2. The van der Waals surface area contributed by atoms with Crippen molar-refractivity contribution in [3.05, 3.63) is 40.9 Å². The summed E-state index contributed by atoms with van der Waals surface area (Å²) in [4.78, 5) is 0. The summed E-state index contributed by atoms with van der Waals surface area (Å²) in [7, 11) is 0. The van der Waals surface area contributed by atoms with Gasteiger partial charge in [-0.05, 0) is 54.3 Å². The van der Waals surface area contributed by atoms with Gasteiger partial charge in [0.2, 0.25) is 0 Å². The van der Waals surface area contributed by atoms with E-state index in [-0.39, 0.29) is 0 Å². The Kier molecular flexibility index (Phi) is 5.51. The first kappa shape index (κ1) is 13.9. The van der Waals surface area contributed by atoms with Crippen LogP contribution in [-0.2, 0) is 0 Å². The fourth-order valence-corrected chi connectivity index (χ4v) is 2.62. The van der Waals surface area contributed by atoms with Crippen molar-refractivity contribution in [1.82, 2.24) is 0 Å². The van der Waals surface area contributed by atoms with Crippen LogP contribution in [0.15, 0.2) is 40.9 Å². The molecule has 1 nitrogen and oxygen atoms in total. The molecule has 0 amide bonds. The molecule has 0 heterocycles. The largest absolute Gasteiger partial charge is 0.494 e. The van der Waals surface area contributed by atoms with E-state index in [9.17, 15) is 0 Å². The summed E-state index contributed by atoms with van der Waals surface area (Å²) in [6, 6.07) is 12.5. The van der Waals surface area contributed by atoms with E-state index < -0.39 is 0 Å². The second-order valence-corrected chi connectivity index (χ2v) is 5.96. The van der Waals surface area contributed by atoms with Crippen LogP contribution in [-0.4, -0.2) is 11.9 Å². The summed E-state index contributed by atoms with van der Waals surface area (Å²) in [6.07, 6.45) is 3.55. The first-order chi connectivity index (χ1) is 8.79. The topological polar surface area (TPSA) is 9.23 Å². The third-order valence-corrected chi connectivity index (χ3v) is 3.87. The van der Waals surface area contributed by atoms with Gasteiger partial charge in [-0.3, -0.25) is 0 Å². The second-order valence-electron chi connectivity index (χ2n) is 4.25. The van der Waals surface area contributed by atoms with Gasteiger partial charge in [0.15, 0.2) is 0 Å². The highest BCUT2D eigenvalue weighted by molar-refractivity contribution is 9.10. The maximum absolute atomic E-state index is 5.76. The molecule has 3 heteroatoms. The Labute approximate surface area is 125 Å². The summed E-state index contributed by atoms with van der Waals surface area (Å²) >= 11 is 6.92. The van der Waals surface area contributed by atoms with Gasteiger partial charge in [-0.1, -0.05) is 44.0 Å². The van der Waals surface area contributed by atoms with Crippen LogP contribution in [0.25, 0.3) is 10.8 Å². The molecular formula is C15H16Br2O. The number of ether oxygens (including phenoxy) is 1. The molecule has 0 aliphatic carbocycles. The van der Waals surface area contributed by atoms with Gasteiger partial charge < -0.3 is 4.74 Å². The first-order valence-electron chi connectivity index (χ1n) is 6.18. The summed E-state index contributed by atoms with van der Waals surface area (Å²) in [6.45, 7) is 0.801. The Morgan fingerprint density at radius 1 is 0.889 bits per heavy atom.